The standard InChI is InChI=1S/C21H27N3O2/c1-23(2)18-8-4-16(5-9-18)21(25)22-17-6-10-19(11-7-17)24-14-12-20(26-3)13-15-24/h4-11,20H,12-15H2,1-3H3,(H,22,25). The van der Waals surface area contributed by atoms with E-state index < -0.39 is 0 Å². The van der Waals surface area contributed by atoms with Crippen LogP contribution in [-0.2, 0) is 4.74 Å². The van der Waals surface area contributed by atoms with Gasteiger partial charge in [0.05, 0.1) is 6.10 Å². The summed E-state index contributed by atoms with van der Waals surface area (Å²) in [5.74, 6) is -0.0936. The molecule has 3 rings (SSSR count). The number of benzene rings is 2. The van der Waals surface area contributed by atoms with Crippen LogP contribution in [0.3, 0.4) is 0 Å². The second-order valence-electron chi connectivity index (χ2n) is 6.86. The minimum Gasteiger partial charge on any atom is -0.381 e. The Morgan fingerprint density at radius 1 is 1.04 bits per heavy atom. The number of amides is 1. The largest absolute Gasteiger partial charge is 0.381 e. The normalized spacial score (nSPS) is 15.0. The van der Waals surface area contributed by atoms with Gasteiger partial charge in [-0.2, -0.15) is 0 Å². The van der Waals surface area contributed by atoms with Crippen molar-refractivity contribution >= 4 is 23.0 Å². The van der Waals surface area contributed by atoms with E-state index in [1.54, 1.807) is 7.11 Å². The molecule has 1 saturated heterocycles. The lowest BCUT2D eigenvalue weighted by Gasteiger charge is -2.33. The number of rotatable bonds is 5. The third-order valence-corrected chi connectivity index (χ3v) is 4.91. The SMILES string of the molecule is COC1CCN(c2ccc(NC(=O)c3ccc(N(C)C)cc3)cc2)CC1. The Kier molecular flexibility index (Phi) is 5.78. The van der Waals surface area contributed by atoms with Crippen LogP contribution in [-0.4, -0.2) is 46.3 Å². The molecule has 0 aliphatic carbocycles. The predicted molar refractivity (Wildman–Crippen MR) is 107 cm³/mol. The predicted octanol–water partition coefficient (Wildman–Crippen LogP) is 3.62. The van der Waals surface area contributed by atoms with Crippen LogP contribution in [0.4, 0.5) is 17.1 Å². The molecule has 5 nitrogen and oxygen atoms in total. The van der Waals surface area contributed by atoms with Crippen LogP contribution in [0.25, 0.3) is 0 Å². The fourth-order valence-corrected chi connectivity index (χ4v) is 3.22. The van der Waals surface area contributed by atoms with Gasteiger partial charge < -0.3 is 19.9 Å². The number of ether oxygens (including phenoxy) is 1. The van der Waals surface area contributed by atoms with Gasteiger partial charge in [-0.25, -0.2) is 0 Å². The molecule has 0 saturated carbocycles. The first-order valence-electron chi connectivity index (χ1n) is 9.03. The summed E-state index contributed by atoms with van der Waals surface area (Å²) in [6.07, 6.45) is 2.49. The number of nitrogens with zero attached hydrogens (tertiary/aromatic N) is 2. The summed E-state index contributed by atoms with van der Waals surface area (Å²) in [6.45, 7) is 2.00. The molecular weight excluding hydrogens is 326 g/mol. The summed E-state index contributed by atoms with van der Waals surface area (Å²) in [7, 11) is 5.74. The molecule has 1 amide bonds. The molecule has 0 aromatic heterocycles. The fourth-order valence-electron chi connectivity index (χ4n) is 3.22. The Hall–Kier alpha value is -2.53. The van der Waals surface area contributed by atoms with Gasteiger partial charge in [-0.1, -0.05) is 0 Å². The van der Waals surface area contributed by atoms with Crippen molar-refractivity contribution in [3.8, 4) is 0 Å². The third kappa shape index (κ3) is 4.35. The summed E-state index contributed by atoms with van der Waals surface area (Å²) in [4.78, 5) is 16.8. The van der Waals surface area contributed by atoms with Crippen molar-refractivity contribution in [3.63, 3.8) is 0 Å². The molecule has 1 aliphatic heterocycles. The zero-order chi connectivity index (χ0) is 18.5. The van der Waals surface area contributed by atoms with E-state index in [1.807, 2.05) is 55.4 Å². The highest BCUT2D eigenvalue weighted by atomic mass is 16.5. The van der Waals surface area contributed by atoms with E-state index in [0.717, 1.165) is 37.3 Å². The number of carbonyl (C=O) groups excluding carboxylic acids is 1. The first-order chi connectivity index (χ1) is 12.6. The van der Waals surface area contributed by atoms with Crippen LogP contribution in [0.2, 0.25) is 0 Å². The number of methoxy groups -OCH3 is 1. The molecule has 5 heteroatoms. The molecule has 0 spiro atoms. The van der Waals surface area contributed by atoms with E-state index in [-0.39, 0.29) is 5.91 Å². The van der Waals surface area contributed by atoms with Gasteiger partial charge in [-0.3, -0.25) is 4.79 Å². The van der Waals surface area contributed by atoms with Gasteiger partial charge in [-0.05, 0) is 61.4 Å². The Balaban J connectivity index is 1.59. The van der Waals surface area contributed by atoms with Crippen molar-refractivity contribution in [3.05, 3.63) is 54.1 Å². The number of piperidine rings is 1. The monoisotopic (exact) mass is 353 g/mol. The van der Waals surface area contributed by atoms with Crippen LogP contribution in [0.15, 0.2) is 48.5 Å². The van der Waals surface area contributed by atoms with E-state index >= 15 is 0 Å². The van der Waals surface area contributed by atoms with Gasteiger partial charge >= 0.3 is 0 Å². The van der Waals surface area contributed by atoms with Gasteiger partial charge in [0.15, 0.2) is 0 Å². The molecular formula is C21H27N3O2. The van der Waals surface area contributed by atoms with Crippen LogP contribution in [0, 0.1) is 0 Å². The van der Waals surface area contributed by atoms with Crippen molar-refractivity contribution in [1.29, 1.82) is 0 Å². The van der Waals surface area contributed by atoms with E-state index in [9.17, 15) is 4.79 Å². The molecule has 0 unspecified atom stereocenters. The summed E-state index contributed by atoms with van der Waals surface area (Å²) >= 11 is 0. The molecule has 0 atom stereocenters. The number of nitrogens with one attached hydrogen (secondary N) is 1. The molecule has 1 N–H and O–H groups in total. The molecule has 1 heterocycles. The van der Waals surface area contributed by atoms with E-state index in [2.05, 4.69) is 22.3 Å². The van der Waals surface area contributed by atoms with Crippen molar-refractivity contribution in [2.45, 2.75) is 18.9 Å². The number of carbonyl (C=O) groups is 1. The number of hydrogen-bond acceptors (Lipinski definition) is 4. The maximum Gasteiger partial charge on any atom is 0.255 e. The van der Waals surface area contributed by atoms with Gasteiger partial charge in [-0.15, -0.1) is 0 Å². The van der Waals surface area contributed by atoms with Crippen molar-refractivity contribution < 1.29 is 9.53 Å². The molecule has 0 radical (unpaired) electrons. The van der Waals surface area contributed by atoms with Crippen molar-refractivity contribution in [2.75, 3.05) is 49.4 Å². The molecule has 138 valence electrons. The van der Waals surface area contributed by atoms with Crippen LogP contribution in [0.5, 0.6) is 0 Å². The molecule has 26 heavy (non-hydrogen) atoms. The lowest BCUT2D eigenvalue weighted by molar-refractivity contribution is 0.0819. The smallest absolute Gasteiger partial charge is 0.255 e. The van der Waals surface area contributed by atoms with Gasteiger partial charge in [0.25, 0.3) is 5.91 Å². The first kappa shape index (κ1) is 18.3. The summed E-state index contributed by atoms with van der Waals surface area (Å²) in [5.41, 5.74) is 3.72. The van der Waals surface area contributed by atoms with Crippen molar-refractivity contribution in [2.24, 2.45) is 0 Å². The second-order valence-corrected chi connectivity index (χ2v) is 6.86. The average molecular weight is 353 g/mol. The van der Waals surface area contributed by atoms with E-state index in [4.69, 9.17) is 4.74 Å². The zero-order valence-electron chi connectivity index (χ0n) is 15.7. The Bertz CT molecular complexity index is 718. The van der Waals surface area contributed by atoms with Crippen LogP contribution < -0.4 is 15.1 Å². The summed E-state index contributed by atoms with van der Waals surface area (Å²) < 4.78 is 5.42. The highest BCUT2D eigenvalue weighted by Gasteiger charge is 2.18. The van der Waals surface area contributed by atoms with Gasteiger partial charge in [0, 0.05) is 56.9 Å². The van der Waals surface area contributed by atoms with E-state index in [1.165, 1.54) is 5.69 Å². The first-order valence-corrected chi connectivity index (χ1v) is 9.03. The molecule has 2 aromatic rings. The Labute approximate surface area is 155 Å². The average Bonchev–Trinajstić information content (AvgIpc) is 2.68. The van der Waals surface area contributed by atoms with Gasteiger partial charge in [0.1, 0.15) is 0 Å². The molecule has 1 aliphatic rings. The lowest BCUT2D eigenvalue weighted by Crippen LogP contribution is -2.36. The van der Waals surface area contributed by atoms with Crippen molar-refractivity contribution in [1.82, 2.24) is 0 Å². The van der Waals surface area contributed by atoms with Gasteiger partial charge in [0.2, 0.25) is 0 Å². The highest BCUT2D eigenvalue weighted by molar-refractivity contribution is 6.04. The minimum atomic E-state index is -0.0936. The Morgan fingerprint density at radius 3 is 2.19 bits per heavy atom. The topological polar surface area (TPSA) is 44.8 Å². The number of hydrogen-bond donors (Lipinski definition) is 1. The quantitative estimate of drug-likeness (QED) is 0.892. The molecule has 0 bridgehead atoms. The number of anilines is 3. The maximum absolute atomic E-state index is 12.4. The molecule has 1 fully saturated rings. The Morgan fingerprint density at radius 2 is 1.65 bits per heavy atom. The fraction of sp³-hybridized carbons (Fsp3) is 0.381. The summed E-state index contributed by atoms with van der Waals surface area (Å²) in [5, 5.41) is 2.96. The molecule has 2 aromatic carbocycles. The third-order valence-electron chi connectivity index (χ3n) is 4.91. The van der Waals surface area contributed by atoms with E-state index in [0.29, 0.717) is 11.7 Å². The second kappa shape index (κ2) is 8.23. The minimum absolute atomic E-state index is 0.0936. The highest BCUT2D eigenvalue weighted by Crippen LogP contribution is 2.23. The zero-order valence-corrected chi connectivity index (χ0v) is 15.7. The van der Waals surface area contributed by atoms with Crippen LogP contribution >= 0.6 is 0 Å². The maximum atomic E-state index is 12.4. The lowest BCUT2D eigenvalue weighted by atomic mass is 10.1. The summed E-state index contributed by atoms with van der Waals surface area (Å²) in [6, 6.07) is 15.6. The van der Waals surface area contributed by atoms with Crippen LogP contribution in [0.1, 0.15) is 23.2 Å².